The van der Waals surface area contributed by atoms with Gasteiger partial charge in [0.15, 0.2) is 0 Å². The smallest absolute Gasteiger partial charge is 0.270 e. The summed E-state index contributed by atoms with van der Waals surface area (Å²) in [6, 6.07) is 30.3. The molecule has 4 aromatic rings. The van der Waals surface area contributed by atoms with E-state index in [4.69, 9.17) is 9.52 Å². The molecule has 31 heavy (non-hydrogen) atoms. The summed E-state index contributed by atoms with van der Waals surface area (Å²) in [5.74, 6) is 1.36. The van der Waals surface area contributed by atoms with Crippen LogP contribution in [0.15, 0.2) is 107 Å². The van der Waals surface area contributed by atoms with Crippen LogP contribution in [0.3, 0.4) is 0 Å². The number of nitro groups is 1. The van der Waals surface area contributed by atoms with E-state index in [0.29, 0.717) is 17.7 Å². The first-order valence-corrected chi connectivity index (χ1v) is 10.0. The van der Waals surface area contributed by atoms with Crippen molar-refractivity contribution in [3.63, 3.8) is 0 Å². The normalized spacial score (nSPS) is 15.7. The molecule has 1 aliphatic rings. The van der Waals surface area contributed by atoms with Crippen LogP contribution in [-0.4, -0.2) is 10.6 Å². The van der Waals surface area contributed by atoms with Crippen LogP contribution in [0, 0.1) is 10.1 Å². The largest absolute Gasteiger partial charge is 0.459 e. The molecule has 0 unspecified atom stereocenters. The topological polar surface area (TPSA) is 71.9 Å². The van der Waals surface area contributed by atoms with Crippen LogP contribution in [0.25, 0.3) is 11.3 Å². The lowest BCUT2D eigenvalue weighted by Gasteiger charge is -2.21. The summed E-state index contributed by atoms with van der Waals surface area (Å²) < 4.78 is 6.19. The van der Waals surface area contributed by atoms with E-state index in [9.17, 15) is 10.1 Å². The second-order valence-corrected chi connectivity index (χ2v) is 7.32. The third-order valence-electron chi connectivity index (χ3n) is 5.33. The Labute approximate surface area is 179 Å². The Morgan fingerprint density at radius 1 is 0.871 bits per heavy atom. The van der Waals surface area contributed by atoms with Crippen molar-refractivity contribution in [2.45, 2.75) is 12.5 Å². The fourth-order valence-electron chi connectivity index (χ4n) is 3.82. The molecule has 0 radical (unpaired) electrons. The quantitative estimate of drug-likeness (QED) is 0.290. The molecule has 6 heteroatoms. The Balaban J connectivity index is 1.50. The van der Waals surface area contributed by atoms with E-state index in [1.807, 2.05) is 71.7 Å². The Hall–Kier alpha value is -4.19. The molecule has 0 bridgehead atoms. The summed E-state index contributed by atoms with van der Waals surface area (Å²) in [6.07, 6.45) is 0.695. The van der Waals surface area contributed by atoms with Crippen LogP contribution in [0.4, 0.5) is 11.4 Å². The van der Waals surface area contributed by atoms with Crippen molar-refractivity contribution >= 4 is 17.1 Å². The second-order valence-electron chi connectivity index (χ2n) is 7.32. The highest BCUT2D eigenvalue weighted by Gasteiger charge is 2.32. The number of furan rings is 1. The number of hydrogen-bond donors (Lipinski definition) is 0. The van der Waals surface area contributed by atoms with Gasteiger partial charge in [0.1, 0.15) is 17.6 Å². The SMILES string of the molecule is O=[N+]([O-])c1cccc(-c2ccc([C@H]3CC(c4ccccc4)=NN3c3ccccc3)o2)c1. The average molecular weight is 409 g/mol. The van der Waals surface area contributed by atoms with E-state index in [0.717, 1.165) is 22.7 Å². The molecule has 1 aromatic heterocycles. The summed E-state index contributed by atoms with van der Waals surface area (Å²) in [7, 11) is 0. The maximum Gasteiger partial charge on any atom is 0.270 e. The monoisotopic (exact) mass is 409 g/mol. The molecule has 152 valence electrons. The molecule has 0 aliphatic carbocycles. The third kappa shape index (κ3) is 3.71. The minimum absolute atomic E-state index is 0.0388. The summed E-state index contributed by atoms with van der Waals surface area (Å²) in [4.78, 5) is 10.7. The predicted molar refractivity (Wildman–Crippen MR) is 120 cm³/mol. The summed E-state index contributed by atoms with van der Waals surface area (Å²) in [5, 5.41) is 18.0. The van der Waals surface area contributed by atoms with Gasteiger partial charge in [-0.2, -0.15) is 5.10 Å². The molecule has 1 atom stereocenters. The molecule has 0 saturated carbocycles. The molecule has 3 aromatic carbocycles. The standard InChI is InChI=1S/C25H19N3O3/c29-28(30)21-13-7-10-19(16-21)24-14-15-25(31-24)23-17-22(18-8-3-1-4-9-18)26-27(23)20-11-5-2-6-12-20/h1-16,23H,17H2/t23-/m1/s1. The van der Waals surface area contributed by atoms with Crippen LogP contribution in [0.5, 0.6) is 0 Å². The van der Waals surface area contributed by atoms with Gasteiger partial charge in [-0.15, -0.1) is 0 Å². The van der Waals surface area contributed by atoms with Crippen molar-refractivity contribution in [1.82, 2.24) is 0 Å². The Morgan fingerprint density at radius 3 is 2.32 bits per heavy atom. The highest BCUT2D eigenvalue weighted by atomic mass is 16.6. The second kappa shape index (κ2) is 7.91. The number of non-ortho nitro benzene ring substituents is 1. The van der Waals surface area contributed by atoms with Gasteiger partial charge in [0.25, 0.3) is 5.69 Å². The zero-order chi connectivity index (χ0) is 21.2. The van der Waals surface area contributed by atoms with Gasteiger partial charge in [-0.25, -0.2) is 0 Å². The Morgan fingerprint density at radius 2 is 1.58 bits per heavy atom. The summed E-state index contributed by atoms with van der Waals surface area (Å²) >= 11 is 0. The number of nitro benzene ring substituents is 1. The van der Waals surface area contributed by atoms with Crippen molar-refractivity contribution in [3.05, 3.63) is 118 Å². The van der Waals surface area contributed by atoms with Gasteiger partial charge in [-0.1, -0.05) is 60.7 Å². The maximum atomic E-state index is 11.1. The van der Waals surface area contributed by atoms with Gasteiger partial charge in [-0.05, 0) is 29.8 Å². The van der Waals surface area contributed by atoms with Gasteiger partial charge in [0.2, 0.25) is 0 Å². The molecule has 0 fully saturated rings. The number of hydrazone groups is 1. The molecule has 6 nitrogen and oxygen atoms in total. The molecule has 0 saturated heterocycles. The van der Waals surface area contributed by atoms with Crippen molar-refractivity contribution in [3.8, 4) is 11.3 Å². The van der Waals surface area contributed by atoms with Crippen LogP contribution in [-0.2, 0) is 0 Å². The lowest BCUT2D eigenvalue weighted by atomic mass is 10.0. The van der Waals surface area contributed by atoms with Crippen molar-refractivity contribution in [2.75, 3.05) is 5.01 Å². The summed E-state index contributed by atoms with van der Waals surface area (Å²) in [5.41, 5.74) is 3.76. The number of para-hydroxylation sites is 1. The Kier molecular flexibility index (Phi) is 4.80. The van der Waals surface area contributed by atoms with E-state index >= 15 is 0 Å². The van der Waals surface area contributed by atoms with Crippen molar-refractivity contribution in [2.24, 2.45) is 5.10 Å². The number of rotatable bonds is 5. The minimum Gasteiger partial charge on any atom is -0.459 e. The third-order valence-corrected chi connectivity index (χ3v) is 5.33. The van der Waals surface area contributed by atoms with Gasteiger partial charge in [-0.3, -0.25) is 15.1 Å². The number of anilines is 1. The summed E-state index contributed by atoms with van der Waals surface area (Å²) in [6.45, 7) is 0. The van der Waals surface area contributed by atoms with E-state index in [1.165, 1.54) is 12.1 Å². The van der Waals surface area contributed by atoms with Gasteiger partial charge < -0.3 is 4.42 Å². The van der Waals surface area contributed by atoms with Crippen molar-refractivity contribution in [1.29, 1.82) is 0 Å². The predicted octanol–water partition coefficient (Wildman–Crippen LogP) is 6.21. The lowest BCUT2D eigenvalue weighted by molar-refractivity contribution is -0.384. The van der Waals surface area contributed by atoms with Crippen LogP contribution < -0.4 is 5.01 Å². The minimum atomic E-state index is -0.401. The molecule has 2 heterocycles. The number of benzene rings is 3. The zero-order valence-corrected chi connectivity index (χ0v) is 16.6. The van der Waals surface area contributed by atoms with Crippen LogP contribution in [0.1, 0.15) is 23.8 Å². The molecule has 5 rings (SSSR count). The molecule has 0 spiro atoms. The highest BCUT2D eigenvalue weighted by molar-refractivity contribution is 6.03. The number of hydrogen-bond acceptors (Lipinski definition) is 5. The van der Waals surface area contributed by atoms with E-state index in [2.05, 4.69) is 12.1 Å². The maximum absolute atomic E-state index is 11.1. The van der Waals surface area contributed by atoms with E-state index in [-0.39, 0.29) is 11.7 Å². The van der Waals surface area contributed by atoms with Crippen LogP contribution in [0.2, 0.25) is 0 Å². The van der Waals surface area contributed by atoms with E-state index < -0.39 is 4.92 Å². The highest BCUT2D eigenvalue weighted by Crippen LogP contribution is 2.38. The fraction of sp³-hybridized carbons (Fsp3) is 0.0800. The molecular formula is C25H19N3O3. The van der Waals surface area contributed by atoms with E-state index in [1.54, 1.807) is 6.07 Å². The van der Waals surface area contributed by atoms with Gasteiger partial charge in [0, 0.05) is 24.1 Å². The first-order valence-electron chi connectivity index (χ1n) is 10.0. The zero-order valence-electron chi connectivity index (χ0n) is 16.6. The fourth-order valence-corrected chi connectivity index (χ4v) is 3.82. The Bertz CT molecular complexity index is 1250. The molecule has 1 aliphatic heterocycles. The first-order chi connectivity index (χ1) is 15.2. The van der Waals surface area contributed by atoms with Crippen molar-refractivity contribution < 1.29 is 9.34 Å². The first kappa shape index (κ1) is 18.8. The van der Waals surface area contributed by atoms with Gasteiger partial charge in [0.05, 0.1) is 16.3 Å². The van der Waals surface area contributed by atoms with Crippen LogP contribution >= 0.6 is 0 Å². The van der Waals surface area contributed by atoms with Gasteiger partial charge >= 0.3 is 0 Å². The molecular weight excluding hydrogens is 390 g/mol. The lowest BCUT2D eigenvalue weighted by Crippen LogP contribution is -2.17. The average Bonchev–Trinajstić information content (AvgIpc) is 3.48. The molecule has 0 amide bonds. The molecule has 0 N–H and O–H groups in total. The number of nitrogens with zero attached hydrogens (tertiary/aromatic N) is 3.